The van der Waals surface area contributed by atoms with Gasteiger partial charge >= 0.3 is 5.97 Å². The molecule has 2 aliphatic rings. The van der Waals surface area contributed by atoms with Gasteiger partial charge in [0.1, 0.15) is 29.9 Å². The van der Waals surface area contributed by atoms with E-state index in [-0.39, 0.29) is 36.1 Å². The Morgan fingerprint density at radius 1 is 0.913 bits per heavy atom. The number of aliphatic hydroxyl groups is 2. The van der Waals surface area contributed by atoms with Gasteiger partial charge in [-0.25, -0.2) is 4.79 Å². The first-order valence-corrected chi connectivity index (χ1v) is 15.8. The molecule has 2 heterocycles. The highest BCUT2D eigenvalue weighted by molar-refractivity contribution is 8.00. The van der Waals surface area contributed by atoms with Crippen molar-refractivity contribution in [2.45, 2.75) is 36.7 Å². The number of ether oxygens (including phenoxy) is 2. The summed E-state index contributed by atoms with van der Waals surface area (Å²) in [6.45, 7) is 1.26. The second-order valence-electron chi connectivity index (χ2n) is 11.0. The molecule has 10 heteroatoms. The zero-order chi connectivity index (χ0) is 32.7. The fourth-order valence-electron chi connectivity index (χ4n) is 5.36. The molecule has 0 spiro atoms. The number of fused-ring (bicyclic) bond motifs is 1. The van der Waals surface area contributed by atoms with E-state index < -0.39 is 23.7 Å². The summed E-state index contributed by atoms with van der Waals surface area (Å²) in [7, 11) is 1.57. The van der Waals surface area contributed by atoms with E-state index in [1.807, 2.05) is 66.7 Å². The third-order valence-corrected chi connectivity index (χ3v) is 9.33. The summed E-state index contributed by atoms with van der Waals surface area (Å²) < 4.78 is 10.4. The number of rotatable bonds is 8. The summed E-state index contributed by atoms with van der Waals surface area (Å²) in [6.07, 6.45) is -0.516. The van der Waals surface area contributed by atoms with Crippen LogP contribution in [0.15, 0.2) is 115 Å². The number of carbonyl (C=O) groups is 3. The highest BCUT2D eigenvalue weighted by Gasteiger charge is 2.59. The third kappa shape index (κ3) is 7.25. The molecule has 0 aliphatic carbocycles. The highest BCUT2D eigenvalue weighted by Crippen LogP contribution is 2.42. The second kappa shape index (κ2) is 14.6. The van der Waals surface area contributed by atoms with Crippen LogP contribution in [0.1, 0.15) is 29.7 Å². The molecule has 2 aliphatic heterocycles. The smallest absolute Gasteiger partial charge is 0.341 e. The number of hydrogen-bond donors (Lipinski definition) is 2. The molecular formula is C36H36N2O7S. The van der Waals surface area contributed by atoms with Crippen molar-refractivity contribution >= 4 is 35.2 Å². The Labute approximate surface area is 272 Å². The number of anilines is 1. The van der Waals surface area contributed by atoms with Crippen LogP contribution < -0.4 is 9.64 Å². The molecule has 4 aromatic carbocycles. The number of hydrogen-bond acceptors (Lipinski definition) is 8. The highest BCUT2D eigenvalue weighted by atomic mass is 32.2. The Hall–Kier alpha value is -4.64. The summed E-state index contributed by atoms with van der Waals surface area (Å²) >= 11 is 1.27. The first-order chi connectivity index (χ1) is 22.2. The van der Waals surface area contributed by atoms with Crippen molar-refractivity contribution in [1.82, 2.24) is 4.90 Å². The largest absolute Gasteiger partial charge is 0.497 e. The van der Waals surface area contributed by atoms with E-state index in [0.29, 0.717) is 11.4 Å². The van der Waals surface area contributed by atoms with Crippen LogP contribution >= 0.6 is 11.8 Å². The number of aliphatic hydroxyl groups excluding tert-OH is 1. The Kier molecular flexibility index (Phi) is 10.4. The SMILES string of the molecule is COc1ccc(COC(=O)C2(O)CS[C@@H]3C(N(C(C)=O)c4ccccc4)C(=O)N3C2)cc1.OC(c1ccccc1)c1ccccc1. The van der Waals surface area contributed by atoms with E-state index >= 15 is 0 Å². The number of nitrogens with zero attached hydrogens (tertiary/aromatic N) is 2. The first kappa shape index (κ1) is 32.7. The fourth-order valence-corrected chi connectivity index (χ4v) is 6.80. The lowest BCUT2D eigenvalue weighted by atomic mass is 9.98. The van der Waals surface area contributed by atoms with Gasteiger partial charge < -0.3 is 24.6 Å². The number of thioether (sulfide) groups is 1. The van der Waals surface area contributed by atoms with Gasteiger partial charge in [-0.2, -0.15) is 0 Å². The lowest BCUT2D eigenvalue weighted by molar-refractivity contribution is -0.172. The van der Waals surface area contributed by atoms with Crippen LogP contribution in [-0.4, -0.2) is 69.3 Å². The van der Waals surface area contributed by atoms with Gasteiger partial charge in [0.2, 0.25) is 11.8 Å². The van der Waals surface area contributed by atoms with Crippen molar-refractivity contribution in [2.75, 3.05) is 24.3 Å². The Bertz CT molecular complexity index is 1580. The first-order valence-electron chi connectivity index (χ1n) is 14.8. The summed E-state index contributed by atoms with van der Waals surface area (Å²) in [5, 5.41) is 20.6. The molecule has 9 nitrogen and oxygen atoms in total. The van der Waals surface area contributed by atoms with Crippen molar-refractivity contribution < 1.29 is 34.1 Å². The Balaban J connectivity index is 0.000000247. The van der Waals surface area contributed by atoms with E-state index in [2.05, 4.69) is 0 Å². The molecule has 3 atom stereocenters. The monoisotopic (exact) mass is 640 g/mol. The van der Waals surface area contributed by atoms with Crippen LogP contribution in [-0.2, 0) is 25.7 Å². The topological polar surface area (TPSA) is 117 Å². The van der Waals surface area contributed by atoms with Crippen LogP contribution in [0.2, 0.25) is 0 Å². The Morgan fingerprint density at radius 2 is 1.46 bits per heavy atom. The number of para-hydroxylation sites is 1. The minimum absolute atomic E-state index is 0.00191. The van der Waals surface area contributed by atoms with Crippen LogP contribution in [0.4, 0.5) is 5.69 Å². The van der Waals surface area contributed by atoms with Crippen molar-refractivity contribution in [2.24, 2.45) is 0 Å². The lowest BCUT2D eigenvalue weighted by Crippen LogP contribution is -2.75. The number of carbonyl (C=O) groups excluding carboxylic acids is 3. The van der Waals surface area contributed by atoms with Crippen LogP contribution in [0.25, 0.3) is 0 Å². The number of amides is 2. The predicted octanol–water partition coefficient (Wildman–Crippen LogP) is 4.57. The minimum Gasteiger partial charge on any atom is -0.497 e. The molecule has 0 radical (unpaired) electrons. The predicted molar refractivity (Wildman–Crippen MR) is 176 cm³/mol. The molecule has 2 fully saturated rings. The van der Waals surface area contributed by atoms with E-state index in [1.54, 1.807) is 55.6 Å². The number of benzene rings is 4. The van der Waals surface area contributed by atoms with Gasteiger partial charge in [0, 0.05) is 18.4 Å². The van der Waals surface area contributed by atoms with Gasteiger partial charge in [-0.15, -0.1) is 11.8 Å². The van der Waals surface area contributed by atoms with Crippen LogP contribution in [0, 0.1) is 0 Å². The molecule has 0 bridgehead atoms. The maximum atomic E-state index is 12.9. The summed E-state index contributed by atoms with van der Waals surface area (Å²) in [5.41, 5.74) is 1.45. The molecule has 6 rings (SSSR count). The lowest BCUT2D eigenvalue weighted by Gasteiger charge is -2.55. The zero-order valence-electron chi connectivity index (χ0n) is 25.6. The van der Waals surface area contributed by atoms with Crippen molar-refractivity contribution in [1.29, 1.82) is 0 Å². The minimum atomic E-state index is -1.80. The summed E-state index contributed by atoms with van der Waals surface area (Å²) in [5.74, 6) is -0.562. The second-order valence-corrected chi connectivity index (χ2v) is 12.1. The molecular weight excluding hydrogens is 604 g/mol. The number of esters is 1. The molecule has 238 valence electrons. The van der Waals surface area contributed by atoms with E-state index in [4.69, 9.17) is 9.47 Å². The molecule has 46 heavy (non-hydrogen) atoms. The molecule has 2 saturated heterocycles. The quantitative estimate of drug-likeness (QED) is 0.213. The van der Waals surface area contributed by atoms with E-state index in [0.717, 1.165) is 16.7 Å². The van der Waals surface area contributed by atoms with Crippen molar-refractivity contribution in [3.05, 3.63) is 132 Å². The Morgan fingerprint density at radius 3 is 1.98 bits per heavy atom. The molecule has 0 saturated carbocycles. The normalized spacial score (nSPS) is 20.0. The summed E-state index contributed by atoms with van der Waals surface area (Å²) in [4.78, 5) is 40.8. The number of methoxy groups -OCH3 is 1. The van der Waals surface area contributed by atoms with Gasteiger partial charge in [0.15, 0.2) is 5.60 Å². The average Bonchev–Trinajstić information content (AvgIpc) is 3.10. The van der Waals surface area contributed by atoms with Gasteiger partial charge in [-0.1, -0.05) is 91.0 Å². The number of β-lactam (4-membered cyclic amide) rings is 1. The van der Waals surface area contributed by atoms with Gasteiger partial charge in [-0.3, -0.25) is 14.5 Å². The molecule has 2 amide bonds. The standard InChI is InChI=1S/C23H24N2O6S.C13H12O/c1-15(26)25(17-6-4-3-5-7-17)19-20(27)24-13-23(29,14-32-21(19)24)22(28)31-12-16-8-10-18(30-2)11-9-16;14-13(11-7-3-1-4-8-11)12-9-5-2-6-10-12/h3-11,19,21,29H,12-14H2,1-2H3;1-10,13-14H/t19?,21-,23?;/m1./s1. The van der Waals surface area contributed by atoms with Crippen molar-refractivity contribution in [3.63, 3.8) is 0 Å². The molecule has 2 N–H and O–H groups in total. The summed E-state index contributed by atoms with van der Waals surface area (Å²) in [6, 6.07) is 34.7. The van der Waals surface area contributed by atoms with Crippen LogP contribution in [0.3, 0.4) is 0 Å². The van der Waals surface area contributed by atoms with Gasteiger partial charge in [-0.05, 0) is 41.0 Å². The fraction of sp³-hybridized carbons (Fsp3) is 0.250. The zero-order valence-corrected chi connectivity index (χ0v) is 26.4. The molecule has 4 aromatic rings. The van der Waals surface area contributed by atoms with Crippen molar-refractivity contribution in [3.8, 4) is 5.75 Å². The van der Waals surface area contributed by atoms with Gasteiger partial charge in [0.25, 0.3) is 0 Å². The van der Waals surface area contributed by atoms with Crippen LogP contribution in [0.5, 0.6) is 5.75 Å². The average molecular weight is 641 g/mol. The molecule has 2 unspecified atom stereocenters. The van der Waals surface area contributed by atoms with Gasteiger partial charge in [0.05, 0.1) is 13.7 Å². The van der Waals surface area contributed by atoms with E-state index in [1.165, 1.54) is 28.5 Å². The molecule has 0 aromatic heterocycles. The maximum absolute atomic E-state index is 12.9. The maximum Gasteiger partial charge on any atom is 0.341 e. The van der Waals surface area contributed by atoms with E-state index in [9.17, 15) is 24.6 Å². The third-order valence-electron chi connectivity index (χ3n) is 7.83.